The average Bonchev–Trinajstić information content (AvgIpc) is 3.38. The molecule has 148 valence electrons. The number of carbonyl (C=O) groups excluding carboxylic acids is 1. The van der Waals surface area contributed by atoms with Crippen LogP contribution in [0.15, 0.2) is 65.2 Å². The Morgan fingerprint density at radius 3 is 2.66 bits per heavy atom. The van der Waals surface area contributed by atoms with Crippen LogP contribution < -0.4 is 26.8 Å². The van der Waals surface area contributed by atoms with Crippen molar-refractivity contribution in [2.24, 2.45) is 7.05 Å². The number of rotatable bonds is 5. The van der Waals surface area contributed by atoms with Crippen molar-refractivity contribution in [2.75, 3.05) is 11.6 Å². The van der Waals surface area contributed by atoms with Crippen molar-refractivity contribution in [1.29, 1.82) is 0 Å². The lowest BCUT2D eigenvalue weighted by Crippen LogP contribution is -2.38. The number of amides is 1. The first-order valence-electron chi connectivity index (χ1n) is 8.69. The van der Waals surface area contributed by atoms with Crippen LogP contribution in [0.2, 0.25) is 4.34 Å². The molecule has 2 aromatic heterocycles. The van der Waals surface area contributed by atoms with Gasteiger partial charge in [-0.1, -0.05) is 23.7 Å². The van der Waals surface area contributed by atoms with Gasteiger partial charge in [0, 0.05) is 24.9 Å². The topological polar surface area (TPSA) is 91.3 Å². The molecule has 0 spiro atoms. The van der Waals surface area contributed by atoms with Crippen molar-refractivity contribution in [3.8, 4) is 11.3 Å². The Kier molecular flexibility index (Phi) is 5.34. The van der Waals surface area contributed by atoms with Crippen LogP contribution in [0.25, 0.3) is 11.3 Å². The van der Waals surface area contributed by atoms with Gasteiger partial charge in [0.05, 0.1) is 32.8 Å². The zero-order valence-electron chi connectivity index (χ0n) is 15.3. The highest BCUT2D eigenvalue weighted by Gasteiger charge is 2.15. The highest BCUT2D eigenvalue weighted by molar-refractivity contribution is 7.18. The van der Waals surface area contributed by atoms with Gasteiger partial charge in [-0.25, -0.2) is 4.68 Å². The first-order chi connectivity index (χ1) is 14.0. The molecule has 1 aliphatic heterocycles. The number of thiophene rings is 1. The van der Waals surface area contributed by atoms with Crippen LogP contribution in [-0.4, -0.2) is 22.2 Å². The largest absolute Gasteiger partial charge is 0.346 e. The molecule has 1 aliphatic rings. The molecule has 3 N–H and O–H groups in total. The molecule has 0 saturated heterocycles. The Morgan fingerprint density at radius 2 is 1.97 bits per heavy atom. The van der Waals surface area contributed by atoms with Crippen molar-refractivity contribution in [2.45, 2.75) is 0 Å². The molecule has 0 bridgehead atoms. The van der Waals surface area contributed by atoms with Gasteiger partial charge in [-0.15, -0.1) is 16.9 Å². The number of aromatic nitrogens is 2. The summed E-state index contributed by atoms with van der Waals surface area (Å²) in [7, 11) is 1.62. The lowest BCUT2D eigenvalue weighted by Gasteiger charge is -2.15. The molecule has 4 rings (SSSR count). The standard InChI is InChI=1S/C19H17ClN6O2S/c1-25-18(27)9-6-15(23-25)12-2-4-14(5-3-12)26-11-13(22-24-26)10-21-19(28)16-7-8-17(20)29-16/h2-9,11,22,24H,10H2,1H3,(H,21,28). The quantitative estimate of drug-likeness (QED) is 0.577. The summed E-state index contributed by atoms with van der Waals surface area (Å²) in [4.78, 5) is 24.2. The van der Waals surface area contributed by atoms with Crippen molar-refractivity contribution in [1.82, 2.24) is 26.1 Å². The smallest absolute Gasteiger partial charge is 0.266 e. The number of aryl methyl sites for hydroxylation is 1. The van der Waals surface area contributed by atoms with Gasteiger partial charge in [0.2, 0.25) is 0 Å². The van der Waals surface area contributed by atoms with E-state index in [-0.39, 0.29) is 11.5 Å². The van der Waals surface area contributed by atoms with Crippen LogP contribution >= 0.6 is 22.9 Å². The molecule has 0 radical (unpaired) electrons. The lowest BCUT2D eigenvalue weighted by molar-refractivity contribution is 0.0960. The van der Waals surface area contributed by atoms with E-state index in [0.717, 1.165) is 22.6 Å². The molecule has 10 heteroatoms. The third kappa shape index (κ3) is 4.32. The number of anilines is 1. The van der Waals surface area contributed by atoms with E-state index in [1.165, 1.54) is 22.1 Å². The maximum Gasteiger partial charge on any atom is 0.266 e. The SMILES string of the molecule is Cn1nc(-c2ccc(N3C=C(CNC(=O)c4ccc(Cl)s4)NN3)cc2)ccc1=O. The molecular formula is C19H17ClN6O2S. The van der Waals surface area contributed by atoms with Gasteiger partial charge in [0.15, 0.2) is 0 Å². The number of nitrogens with one attached hydrogen (secondary N) is 3. The van der Waals surface area contributed by atoms with E-state index >= 15 is 0 Å². The van der Waals surface area contributed by atoms with Gasteiger partial charge >= 0.3 is 0 Å². The highest BCUT2D eigenvalue weighted by Crippen LogP contribution is 2.22. The van der Waals surface area contributed by atoms with Crippen molar-refractivity contribution < 1.29 is 4.79 Å². The minimum atomic E-state index is -0.169. The summed E-state index contributed by atoms with van der Waals surface area (Å²) in [5.41, 5.74) is 9.24. The van der Waals surface area contributed by atoms with Crippen LogP contribution in [0.3, 0.4) is 0 Å². The summed E-state index contributed by atoms with van der Waals surface area (Å²) in [6.07, 6.45) is 1.86. The average molecular weight is 429 g/mol. The second-order valence-corrected chi connectivity index (χ2v) is 7.99. The molecule has 0 unspecified atom stereocenters. The minimum Gasteiger partial charge on any atom is -0.346 e. The van der Waals surface area contributed by atoms with Gasteiger partial charge in [-0.2, -0.15) is 5.10 Å². The van der Waals surface area contributed by atoms with Crippen LogP contribution in [0.1, 0.15) is 9.67 Å². The minimum absolute atomic E-state index is 0.148. The third-order valence-electron chi connectivity index (χ3n) is 4.26. The summed E-state index contributed by atoms with van der Waals surface area (Å²) in [6, 6.07) is 14.3. The maximum absolute atomic E-state index is 12.1. The second kappa shape index (κ2) is 8.08. The number of nitrogens with zero attached hydrogens (tertiary/aromatic N) is 3. The van der Waals surface area contributed by atoms with E-state index in [1.807, 2.05) is 30.5 Å². The normalized spacial score (nSPS) is 13.2. The summed E-state index contributed by atoms with van der Waals surface area (Å²) in [5.74, 6) is -0.169. The molecular weight excluding hydrogens is 412 g/mol. The number of carbonyl (C=O) groups is 1. The van der Waals surface area contributed by atoms with Crippen LogP contribution in [0.4, 0.5) is 5.69 Å². The van der Waals surface area contributed by atoms with E-state index in [9.17, 15) is 9.59 Å². The molecule has 1 amide bonds. The van der Waals surface area contributed by atoms with E-state index in [1.54, 1.807) is 30.3 Å². The molecule has 0 saturated carbocycles. The molecule has 0 fully saturated rings. The Balaban J connectivity index is 1.40. The van der Waals surface area contributed by atoms with E-state index in [0.29, 0.717) is 15.8 Å². The number of hydrazine groups is 2. The van der Waals surface area contributed by atoms with E-state index in [4.69, 9.17) is 11.6 Å². The number of hydrogen-bond donors (Lipinski definition) is 3. The lowest BCUT2D eigenvalue weighted by atomic mass is 10.1. The van der Waals surface area contributed by atoms with Gasteiger partial charge in [0.25, 0.3) is 11.5 Å². The van der Waals surface area contributed by atoms with Gasteiger partial charge in [-0.3, -0.25) is 14.6 Å². The zero-order chi connectivity index (χ0) is 20.4. The van der Waals surface area contributed by atoms with E-state index in [2.05, 4.69) is 21.4 Å². The Labute approximate surface area is 175 Å². The van der Waals surface area contributed by atoms with Crippen molar-refractivity contribution in [3.63, 3.8) is 0 Å². The Bertz CT molecular complexity index is 1140. The highest BCUT2D eigenvalue weighted by atomic mass is 35.5. The molecule has 0 aliphatic carbocycles. The summed E-state index contributed by atoms with van der Waals surface area (Å²) in [6.45, 7) is 0.345. The number of hydrogen-bond acceptors (Lipinski definition) is 7. The molecule has 3 aromatic rings. The monoisotopic (exact) mass is 428 g/mol. The van der Waals surface area contributed by atoms with Crippen molar-refractivity contribution >= 4 is 34.5 Å². The van der Waals surface area contributed by atoms with Crippen molar-refractivity contribution in [3.05, 3.63) is 80.0 Å². The van der Waals surface area contributed by atoms with Gasteiger partial charge < -0.3 is 10.7 Å². The van der Waals surface area contributed by atoms with Crippen LogP contribution in [0.5, 0.6) is 0 Å². The fourth-order valence-corrected chi connectivity index (χ4v) is 3.69. The third-order valence-corrected chi connectivity index (χ3v) is 5.49. The molecule has 29 heavy (non-hydrogen) atoms. The second-order valence-electron chi connectivity index (χ2n) is 6.27. The Morgan fingerprint density at radius 1 is 1.17 bits per heavy atom. The first-order valence-corrected chi connectivity index (χ1v) is 9.89. The fourth-order valence-electron chi connectivity index (χ4n) is 2.73. The summed E-state index contributed by atoms with van der Waals surface area (Å²) < 4.78 is 1.89. The molecule has 3 heterocycles. The molecule has 8 nitrogen and oxygen atoms in total. The predicted octanol–water partition coefficient (Wildman–Crippen LogP) is 2.26. The van der Waals surface area contributed by atoms with Crippen LogP contribution in [-0.2, 0) is 7.05 Å². The Hall–Kier alpha value is -3.14. The van der Waals surface area contributed by atoms with E-state index < -0.39 is 0 Å². The molecule has 0 atom stereocenters. The predicted molar refractivity (Wildman–Crippen MR) is 113 cm³/mol. The van der Waals surface area contributed by atoms with Gasteiger partial charge in [0.1, 0.15) is 0 Å². The van der Waals surface area contributed by atoms with Gasteiger partial charge in [-0.05, 0) is 30.3 Å². The first kappa shape index (κ1) is 19.2. The summed E-state index contributed by atoms with van der Waals surface area (Å²) >= 11 is 7.10. The fraction of sp³-hybridized carbons (Fsp3) is 0.105. The maximum atomic E-state index is 12.1. The number of halogens is 1. The summed E-state index contributed by atoms with van der Waals surface area (Å²) in [5, 5.41) is 8.91. The number of benzene rings is 1. The zero-order valence-corrected chi connectivity index (χ0v) is 16.9. The molecule has 1 aromatic carbocycles. The van der Waals surface area contributed by atoms with Crippen LogP contribution in [0, 0.1) is 0 Å².